The average Bonchev–Trinajstić information content (AvgIpc) is 3.15. The van der Waals surface area contributed by atoms with Crippen LogP contribution in [-0.2, 0) is 18.3 Å². The number of likely N-dealkylation sites (tertiary alicyclic amines) is 1. The van der Waals surface area contributed by atoms with Gasteiger partial charge in [-0.05, 0) is 24.8 Å². The van der Waals surface area contributed by atoms with Gasteiger partial charge in [-0.2, -0.15) is 5.10 Å². The Bertz CT molecular complexity index is 667. The molecule has 0 unspecified atom stereocenters. The lowest BCUT2D eigenvalue weighted by Gasteiger charge is -2.50. The molecule has 1 atom stereocenters. The van der Waals surface area contributed by atoms with Crippen molar-refractivity contribution in [2.24, 2.45) is 13.0 Å². The summed E-state index contributed by atoms with van der Waals surface area (Å²) in [6, 6.07) is 5.75. The van der Waals surface area contributed by atoms with E-state index in [0.717, 1.165) is 39.1 Å². The molecule has 2 aromatic heterocycles. The van der Waals surface area contributed by atoms with Gasteiger partial charge in [-0.25, -0.2) is 4.98 Å². The summed E-state index contributed by atoms with van der Waals surface area (Å²) in [5, 5.41) is 4.24. The maximum Gasteiger partial charge on any atom is 0.213 e. The molecule has 0 bridgehead atoms. The molecule has 0 aromatic carbocycles. The number of rotatable bonds is 6. The third-order valence-electron chi connectivity index (χ3n) is 5.10. The minimum atomic E-state index is 0.0374. The molecular weight excluding hydrogens is 304 g/mol. The van der Waals surface area contributed by atoms with Gasteiger partial charge in [0, 0.05) is 57.3 Å². The van der Waals surface area contributed by atoms with Gasteiger partial charge >= 0.3 is 0 Å². The van der Waals surface area contributed by atoms with Gasteiger partial charge in [0.15, 0.2) is 0 Å². The van der Waals surface area contributed by atoms with Crippen molar-refractivity contribution in [3.8, 4) is 5.88 Å². The monoisotopic (exact) mass is 328 g/mol. The minimum Gasteiger partial charge on any atom is -0.478 e. The van der Waals surface area contributed by atoms with Crippen molar-refractivity contribution in [1.82, 2.24) is 19.7 Å². The molecule has 0 radical (unpaired) electrons. The maximum absolute atomic E-state index is 6.13. The molecule has 1 spiro atoms. The third-order valence-corrected chi connectivity index (χ3v) is 5.10. The average molecular weight is 328 g/mol. The second-order valence-corrected chi connectivity index (χ2v) is 6.87. The topological polar surface area (TPSA) is 52.4 Å². The van der Waals surface area contributed by atoms with Crippen molar-refractivity contribution >= 4 is 0 Å². The zero-order chi connectivity index (χ0) is 16.4. The first kappa shape index (κ1) is 15.6. The molecule has 128 valence electrons. The second-order valence-electron chi connectivity index (χ2n) is 6.87. The summed E-state index contributed by atoms with van der Waals surface area (Å²) >= 11 is 0. The second kappa shape index (κ2) is 6.53. The predicted molar refractivity (Wildman–Crippen MR) is 89.6 cm³/mol. The van der Waals surface area contributed by atoms with Gasteiger partial charge in [-0.15, -0.1) is 0 Å². The number of hydrogen-bond donors (Lipinski definition) is 0. The number of ether oxygens (including phenoxy) is 2. The summed E-state index contributed by atoms with van der Waals surface area (Å²) < 4.78 is 13.8. The lowest BCUT2D eigenvalue weighted by Crippen LogP contribution is -2.64. The molecular formula is C18H24N4O2. The Morgan fingerprint density at radius 3 is 3.04 bits per heavy atom. The Hall–Kier alpha value is -1.92. The van der Waals surface area contributed by atoms with E-state index in [4.69, 9.17) is 9.47 Å². The van der Waals surface area contributed by atoms with Gasteiger partial charge in [-0.3, -0.25) is 9.58 Å². The van der Waals surface area contributed by atoms with Crippen LogP contribution in [0.25, 0.3) is 0 Å². The van der Waals surface area contributed by atoms with Crippen LogP contribution in [0.4, 0.5) is 0 Å². The molecule has 4 rings (SSSR count). The molecule has 0 amide bonds. The lowest BCUT2D eigenvalue weighted by atomic mass is 9.79. The lowest BCUT2D eigenvalue weighted by molar-refractivity contribution is -0.138. The van der Waals surface area contributed by atoms with Gasteiger partial charge in [0.2, 0.25) is 5.88 Å². The Morgan fingerprint density at radius 1 is 1.38 bits per heavy atom. The predicted octanol–water partition coefficient (Wildman–Crippen LogP) is 1.88. The van der Waals surface area contributed by atoms with E-state index in [-0.39, 0.29) is 5.60 Å². The number of nitrogens with zero attached hydrogens (tertiary/aromatic N) is 4. The summed E-state index contributed by atoms with van der Waals surface area (Å²) in [6.45, 7) is 4.55. The highest BCUT2D eigenvalue weighted by molar-refractivity contribution is 5.11. The molecule has 6 nitrogen and oxygen atoms in total. The Labute approximate surface area is 142 Å². The molecule has 0 N–H and O–H groups in total. The molecule has 4 heterocycles. The van der Waals surface area contributed by atoms with E-state index < -0.39 is 0 Å². The zero-order valence-electron chi connectivity index (χ0n) is 14.1. The van der Waals surface area contributed by atoms with Crippen LogP contribution in [-0.4, -0.2) is 51.6 Å². The van der Waals surface area contributed by atoms with Crippen LogP contribution in [0.15, 0.2) is 36.8 Å². The zero-order valence-corrected chi connectivity index (χ0v) is 14.1. The molecule has 2 aliphatic rings. The van der Waals surface area contributed by atoms with Crippen LogP contribution in [0.5, 0.6) is 5.88 Å². The molecule has 24 heavy (non-hydrogen) atoms. The SMILES string of the molecule is Cn1cc(CN2CC3(C2)OCC[C@H]3CCOc2ccccn2)cn1. The first-order chi connectivity index (χ1) is 11.7. The van der Waals surface area contributed by atoms with Crippen LogP contribution in [0.1, 0.15) is 18.4 Å². The molecule has 2 aliphatic heterocycles. The highest BCUT2D eigenvalue weighted by atomic mass is 16.5. The van der Waals surface area contributed by atoms with Crippen molar-refractivity contribution in [2.75, 3.05) is 26.3 Å². The third kappa shape index (κ3) is 3.16. The molecule has 2 fully saturated rings. The van der Waals surface area contributed by atoms with E-state index in [9.17, 15) is 0 Å². The highest BCUT2D eigenvalue weighted by Gasteiger charge is 2.52. The summed E-state index contributed by atoms with van der Waals surface area (Å²) in [5.41, 5.74) is 1.30. The van der Waals surface area contributed by atoms with Gasteiger partial charge in [0.1, 0.15) is 0 Å². The van der Waals surface area contributed by atoms with Crippen LogP contribution in [0.3, 0.4) is 0 Å². The molecule has 6 heteroatoms. The van der Waals surface area contributed by atoms with Crippen LogP contribution in [0, 0.1) is 5.92 Å². The summed E-state index contributed by atoms with van der Waals surface area (Å²) in [6.07, 6.45) is 7.94. The van der Waals surface area contributed by atoms with E-state index in [0.29, 0.717) is 18.4 Å². The Morgan fingerprint density at radius 2 is 2.29 bits per heavy atom. The quantitative estimate of drug-likeness (QED) is 0.810. The Balaban J connectivity index is 1.26. The largest absolute Gasteiger partial charge is 0.478 e. The molecule has 0 aliphatic carbocycles. The summed E-state index contributed by atoms with van der Waals surface area (Å²) in [4.78, 5) is 6.64. The van der Waals surface area contributed by atoms with E-state index >= 15 is 0 Å². The van der Waals surface area contributed by atoms with Crippen molar-refractivity contribution in [3.63, 3.8) is 0 Å². The fourth-order valence-electron chi connectivity index (χ4n) is 3.91. The standard InChI is InChI=1S/C18H24N4O2/c1-21-11-15(10-20-21)12-22-13-18(14-22)16(6-9-24-18)5-8-23-17-4-2-3-7-19-17/h2-4,7,10-11,16H,5-6,8-9,12-14H2,1H3/t16-/m1/s1. The van der Waals surface area contributed by atoms with Crippen molar-refractivity contribution < 1.29 is 9.47 Å². The first-order valence-corrected chi connectivity index (χ1v) is 8.61. The fraction of sp³-hybridized carbons (Fsp3) is 0.556. The molecule has 2 saturated heterocycles. The van der Waals surface area contributed by atoms with Gasteiger partial charge < -0.3 is 9.47 Å². The molecule has 0 saturated carbocycles. The summed E-state index contributed by atoms with van der Waals surface area (Å²) in [7, 11) is 1.96. The highest BCUT2D eigenvalue weighted by Crippen LogP contribution is 2.42. The van der Waals surface area contributed by atoms with Crippen molar-refractivity contribution in [3.05, 3.63) is 42.4 Å². The van der Waals surface area contributed by atoms with E-state index in [1.807, 2.05) is 36.1 Å². The van der Waals surface area contributed by atoms with Crippen LogP contribution >= 0.6 is 0 Å². The minimum absolute atomic E-state index is 0.0374. The van der Waals surface area contributed by atoms with Gasteiger partial charge in [-0.1, -0.05) is 6.07 Å². The number of aromatic nitrogens is 3. The van der Waals surface area contributed by atoms with E-state index in [1.165, 1.54) is 5.56 Å². The van der Waals surface area contributed by atoms with E-state index in [1.54, 1.807) is 6.20 Å². The molecule has 2 aromatic rings. The smallest absolute Gasteiger partial charge is 0.213 e. The van der Waals surface area contributed by atoms with Crippen LogP contribution in [0.2, 0.25) is 0 Å². The number of hydrogen-bond acceptors (Lipinski definition) is 5. The number of pyridine rings is 1. The maximum atomic E-state index is 6.13. The fourth-order valence-corrected chi connectivity index (χ4v) is 3.91. The summed E-state index contributed by atoms with van der Waals surface area (Å²) in [5.74, 6) is 1.28. The Kier molecular flexibility index (Phi) is 4.24. The van der Waals surface area contributed by atoms with Crippen LogP contribution < -0.4 is 4.74 Å². The first-order valence-electron chi connectivity index (χ1n) is 8.61. The normalized spacial score (nSPS) is 22.6. The number of aryl methyl sites for hydroxylation is 1. The van der Waals surface area contributed by atoms with E-state index in [2.05, 4.69) is 21.2 Å². The van der Waals surface area contributed by atoms with Crippen molar-refractivity contribution in [2.45, 2.75) is 25.0 Å². The van der Waals surface area contributed by atoms with Gasteiger partial charge in [0.05, 0.1) is 18.4 Å². The van der Waals surface area contributed by atoms with Gasteiger partial charge in [0.25, 0.3) is 0 Å². The van der Waals surface area contributed by atoms with Crippen molar-refractivity contribution in [1.29, 1.82) is 0 Å².